The number of nitrogens with zero attached hydrogens (tertiary/aromatic N) is 1. The molecule has 0 spiro atoms. The van der Waals surface area contributed by atoms with Crippen molar-refractivity contribution in [3.05, 3.63) is 70.3 Å². The van der Waals surface area contributed by atoms with Crippen LogP contribution in [-0.4, -0.2) is 34.8 Å². The Morgan fingerprint density at radius 2 is 1.79 bits per heavy atom. The molecule has 0 radical (unpaired) electrons. The average molecular weight is 464 g/mol. The third kappa shape index (κ3) is 5.19. The van der Waals surface area contributed by atoms with Crippen LogP contribution in [-0.2, 0) is 15.0 Å². The highest BCUT2D eigenvalue weighted by atomic mass is 16.5. The molecule has 0 aromatic heterocycles. The van der Waals surface area contributed by atoms with Gasteiger partial charge in [0.25, 0.3) is 11.7 Å². The Labute approximate surface area is 203 Å². The van der Waals surface area contributed by atoms with Gasteiger partial charge in [0.05, 0.1) is 18.2 Å². The van der Waals surface area contributed by atoms with Gasteiger partial charge in [0.2, 0.25) is 0 Å². The molecule has 5 heteroatoms. The largest absolute Gasteiger partial charge is 0.507 e. The lowest BCUT2D eigenvalue weighted by molar-refractivity contribution is -0.139. The van der Waals surface area contributed by atoms with Crippen LogP contribution in [0.4, 0.5) is 0 Å². The highest BCUT2D eigenvalue weighted by molar-refractivity contribution is 6.46. The molecule has 1 aliphatic rings. The van der Waals surface area contributed by atoms with Crippen molar-refractivity contribution in [2.45, 2.75) is 72.3 Å². The van der Waals surface area contributed by atoms with Crippen molar-refractivity contribution in [1.29, 1.82) is 0 Å². The number of ketones is 1. The number of likely N-dealkylation sites (tertiary alicyclic amines) is 1. The Balaban J connectivity index is 2.20. The highest BCUT2D eigenvalue weighted by Gasteiger charge is 2.46. The lowest BCUT2D eigenvalue weighted by Crippen LogP contribution is -2.30. The van der Waals surface area contributed by atoms with Crippen molar-refractivity contribution in [2.24, 2.45) is 0 Å². The van der Waals surface area contributed by atoms with Crippen LogP contribution in [0.5, 0.6) is 5.75 Å². The smallest absolute Gasteiger partial charge is 0.295 e. The minimum atomic E-state index is -0.657. The van der Waals surface area contributed by atoms with Gasteiger partial charge in [0, 0.05) is 12.1 Å². The van der Waals surface area contributed by atoms with Gasteiger partial charge < -0.3 is 14.7 Å². The third-order valence-electron chi connectivity index (χ3n) is 6.39. The normalized spacial score (nSPS) is 17.9. The van der Waals surface area contributed by atoms with Crippen LogP contribution in [0.1, 0.15) is 82.2 Å². The number of Topliss-reactive ketones (excluding diaryl/α,β-unsaturated/α-hetero) is 1. The van der Waals surface area contributed by atoms with Gasteiger partial charge in [-0.1, -0.05) is 64.8 Å². The molecule has 1 amide bonds. The maximum Gasteiger partial charge on any atom is 0.295 e. The number of carbonyl (C=O) groups is 2. The van der Waals surface area contributed by atoms with Crippen molar-refractivity contribution in [2.75, 3.05) is 13.2 Å². The molecular formula is C29H37NO4. The van der Waals surface area contributed by atoms with E-state index in [4.69, 9.17) is 4.74 Å². The van der Waals surface area contributed by atoms with Crippen LogP contribution < -0.4 is 4.74 Å². The summed E-state index contributed by atoms with van der Waals surface area (Å²) in [7, 11) is 0. The van der Waals surface area contributed by atoms with E-state index in [0.29, 0.717) is 24.5 Å². The van der Waals surface area contributed by atoms with E-state index in [-0.39, 0.29) is 16.7 Å². The fraction of sp³-hybridized carbons (Fsp3) is 0.448. The minimum absolute atomic E-state index is 0.119. The molecule has 1 unspecified atom stereocenters. The lowest BCUT2D eigenvalue weighted by atomic mass is 9.84. The molecule has 1 fully saturated rings. The highest BCUT2D eigenvalue weighted by Crippen LogP contribution is 2.41. The number of aliphatic hydroxyl groups is 1. The topological polar surface area (TPSA) is 66.8 Å². The van der Waals surface area contributed by atoms with E-state index in [1.54, 1.807) is 4.90 Å². The first-order valence-electron chi connectivity index (χ1n) is 12.2. The van der Waals surface area contributed by atoms with Gasteiger partial charge >= 0.3 is 0 Å². The first kappa shape index (κ1) is 25.5. The molecule has 1 N–H and O–H groups in total. The summed E-state index contributed by atoms with van der Waals surface area (Å²) in [6, 6.07) is 12.7. The molecule has 34 heavy (non-hydrogen) atoms. The van der Waals surface area contributed by atoms with E-state index in [9.17, 15) is 14.7 Å². The number of hydrogen-bond donors (Lipinski definition) is 1. The Kier molecular flexibility index (Phi) is 7.86. The van der Waals surface area contributed by atoms with Crippen molar-refractivity contribution in [3.8, 4) is 5.75 Å². The summed E-state index contributed by atoms with van der Waals surface area (Å²) < 4.78 is 5.68. The molecule has 5 nitrogen and oxygen atoms in total. The van der Waals surface area contributed by atoms with Crippen LogP contribution in [0.25, 0.3) is 5.76 Å². The summed E-state index contributed by atoms with van der Waals surface area (Å²) >= 11 is 0. The second kappa shape index (κ2) is 10.5. The Morgan fingerprint density at radius 1 is 1.06 bits per heavy atom. The molecular weight excluding hydrogens is 426 g/mol. The molecule has 0 aliphatic carbocycles. The second-order valence-electron chi connectivity index (χ2n) is 9.98. The number of aryl methyl sites for hydroxylation is 1. The molecule has 1 heterocycles. The van der Waals surface area contributed by atoms with E-state index < -0.39 is 17.7 Å². The van der Waals surface area contributed by atoms with E-state index in [0.717, 1.165) is 36.0 Å². The maximum atomic E-state index is 13.3. The van der Waals surface area contributed by atoms with Gasteiger partial charge in [0.15, 0.2) is 0 Å². The number of rotatable bonds is 8. The lowest BCUT2D eigenvalue weighted by Gasteiger charge is -2.26. The Morgan fingerprint density at radius 3 is 2.44 bits per heavy atom. The fourth-order valence-corrected chi connectivity index (χ4v) is 4.42. The molecule has 3 rings (SSSR count). The standard InChI is InChI=1S/C29H37NO4/c1-7-9-10-16-30-25(20-12-11-13-22(17-20)34-8-2)24(27(32)28(30)33)26(31)23-18-21(29(4,5)6)15-14-19(23)3/h11-15,17-18,25,31H,7-10,16H2,1-6H3/b26-24+. The zero-order valence-electron chi connectivity index (χ0n) is 21.3. The monoisotopic (exact) mass is 463 g/mol. The average Bonchev–Trinajstić information content (AvgIpc) is 3.04. The van der Waals surface area contributed by atoms with Crippen molar-refractivity contribution >= 4 is 17.4 Å². The van der Waals surface area contributed by atoms with Gasteiger partial charge in [-0.25, -0.2) is 0 Å². The SMILES string of the molecule is CCCCCN1C(=O)C(=O)/C(=C(/O)c2cc(C(C)(C)C)ccc2C)C1c1cccc(OCC)c1. The summed E-state index contributed by atoms with van der Waals surface area (Å²) in [6.07, 6.45) is 2.76. The van der Waals surface area contributed by atoms with Gasteiger partial charge in [-0.2, -0.15) is 0 Å². The Hall–Kier alpha value is -3.08. The van der Waals surface area contributed by atoms with Gasteiger partial charge in [-0.3, -0.25) is 9.59 Å². The van der Waals surface area contributed by atoms with Crippen LogP contribution in [0.2, 0.25) is 0 Å². The van der Waals surface area contributed by atoms with Crippen molar-refractivity contribution in [3.63, 3.8) is 0 Å². The van der Waals surface area contributed by atoms with Crippen LogP contribution in [0, 0.1) is 6.92 Å². The minimum Gasteiger partial charge on any atom is -0.507 e. The van der Waals surface area contributed by atoms with Crippen LogP contribution >= 0.6 is 0 Å². The number of carbonyl (C=O) groups excluding carboxylic acids is 2. The van der Waals surface area contributed by atoms with Crippen LogP contribution in [0.3, 0.4) is 0 Å². The Bertz CT molecular complexity index is 1090. The van der Waals surface area contributed by atoms with E-state index >= 15 is 0 Å². The maximum absolute atomic E-state index is 13.3. The van der Waals surface area contributed by atoms with Crippen molar-refractivity contribution < 1.29 is 19.4 Å². The number of amides is 1. The van der Waals surface area contributed by atoms with E-state index in [1.807, 2.05) is 56.3 Å². The zero-order valence-corrected chi connectivity index (χ0v) is 21.3. The molecule has 0 saturated carbocycles. The summed E-state index contributed by atoms with van der Waals surface area (Å²) in [4.78, 5) is 28.1. The summed E-state index contributed by atoms with van der Waals surface area (Å²) in [5, 5.41) is 11.5. The number of aliphatic hydroxyl groups excluding tert-OH is 1. The van der Waals surface area contributed by atoms with E-state index in [1.165, 1.54) is 0 Å². The molecule has 0 bridgehead atoms. The van der Waals surface area contributed by atoms with E-state index in [2.05, 4.69) is 27.7 Å². The zero-order chi connectivity index (χ0) is 25.0. The molecule has 1 atom stereocenters. The summed E-state index contributed by atoms with van der Waals surface area (Å²) in [6.45, 7) is 13.2. The molecule has 2 aromatic rings. The van der Waals surface area contributed by atoms with Crippen molar-refractivity contribution in [1.82, 2.24) is 4.90 Å². The number of hydrogen-bond acceptors (Lipinski definition) is 4. The quantitative estimate of drug-likeness (QED) is 0.216. The summed E-state index contributed by atoms with van der Waals surface area (Å²) in [5.41, 5.74) is 3.26. The number of ether oxygens (including phenoxy) is 1. The summed E-state index contributed by atoms with van der Waals surface area (Å²) in [5.74, 6) is -0.646. The third-order valence-corrected chi connectivity index (χ3v) is 6.39. The van der Waals surface area contributed by atoms with Gasteiger partial charge in [-0.15, -0.1) is 0 Å². The number of unbranched alkanes of at least 4 members (excludes halogenated alkanes) is 2. The molecule has 1 saturated heterocycles. The predicted molar refractivity (Wildman–Crippen MR) is 136 cm³/mol. The molecule has 182 valence electrons. The first-order valence-corrected chi connectivity index (χ1v) is 12.2. The van der Waals surface area contributed by atoms with Crippen LogP contribution in [0.15, 0.2) is 48.0 Å². The second-order valence-corrected chi connectivity index (χ2v) is 9.98. The molecule has 1 aliphatic heterocycles. The van der Waals surface area contributed by atoms with Gasteiger partial charge in [-0.05, 0) is 60.6 Å². The van der Waals surface area contributed by atoms with Gasteiger partial charge in [0.1, 0.15) is 11.5 Å². The number of benzene rings is 2. The predicted octanol–water partition coefficient (Wildman–Crippen LogP) is 6.30. The first-order chi connectivity index (χ1) is 16.1. The fourth-order valence-electron chi connectivity index (χ4n) is 4.42. The molecule has 2 aromatic carbocycles.